The van der Waals surface area contributed by atoms with E-state index >= 15 is 0 Å². The number of para-hydroxylation sites is 1. The number of amides is 2. The molecule has 0 saturated carbocycles. The molecule has 0 radical (unpaired) electrons. The molecule has 7 heteroatoms. The molecule has 1 saturated heterocycles. The molecule has 1 N–H and O–H groups in total. The van der Waals surface area contributed by atoms with Crippen molar-refractivity contribution in [2.45, 2.75) is 26.0 Å². The first kappa shape index (κ1) is 19.9. The van der Waals surface area contributed by atoms with Gasteiger partial charge in [-0.15, -0.1) is 0 Å². The van der Waals surface area contributed by atoms with Gasteiger partial charge in [0, 0.05) is 19.5 Å². The number of halogens is 1. The summed E-state index contributed by atoms with van der Waals surface area (Å²) in [5, 5.41) is 3.03. The number of carbonyl (C=O) groups is 3. The van der Waals surface area contributed by atoms with E-state index in [4.69, 9.17) is 16.3 Å². The number of anilines is 1. The molecule has 0 spiro atoms. The lowest BCUT2D eigenvalue weighted by atomic mass is 10.1. The maximum absolute atomic E-state index is 12.4. The fourth-order valence-corrected chi connectivity index (χ4v) is 3.19. The molecule has 1 heterocycles. The van der Waals surface area contributed by atoms with Gasteiger partial charge in [0.1, 0.15) is 0 Å². The number of benzene rings is 2. The minimum atomic E-state index is -0.998. The van der Waals surface area contributed by atoms with Crippen LogP contribution < -0.4 is 5.32 Å². The van der Waals surface area contributed by atoms with Crippen molar-refractivity contribution in [3.63, 3.8) is 0 Å². The van der Waals surface area contributed by atoms with Gasteiger partial charge < -0.3 is 15.0 Å². The summed E-state index contributed by atoms with van der Waals surface area (Å²) >= 11 is 6.02. The minimum absolute atomic E-state index is 0.0878. The van der Waals surface area contributed by atoms with Gasteiger partial charge in [0.25, 0.3) is 5.91 Å². The van der Waals surface area contributed by atoms with E-state index in [2.05, 4.69) is 5.32 Å². The van der Waals surface area contributed by atoms with Gasteiger partial charge in [0.05, 0.1) is 16.6 Å². The van der Waals surface area contributed by atoms with Crippen molar-refractivity contribution >= 4 is 35.1 Å². The van der Waals surface area contributed by atoms with Crippen LogP contribution in [0.4, 0.5) is 5.69 Å². The largest absolute Gasteiger partial charge is 0.452 e. The van der Waals surface area contributed by atoms with Crippen molar-refractivity contribution in [3.8, 4) is 0 Å². The molecule has 2 atom stereocenters. The molecule has 0 aromatic heterocycles. The molecule has 1 aliphatic rings. The van der Waals surface area contributed by atoms with Crippen LogP contribution in [0.15, 0.2) is 54.6 Å². The zero-order chi connectivity index (χ0) is 20.1. The predicted octanol–water partition coefficient (Wildman–Crippen LogP) is 3.26. The van der Waals surface area contributed by atoms with Crippen LogP contribution in [0.25, 0.3) is 0 Å². The van der Waals surface area contributed by atoms with Crippen LogP contribution in [0.1, 0.15) is 18.9 Å². The second kappa shape index (κ2) is 8.89. The normalized spacial score (nSPS) is 17.3. The van der Waals surface area contributed by atoms with Gasteiger partial charge in [-0.25, -0.2) is 0 Å². The quantitative estimate of drug-likeness (QED) is 0.755. The monoisotopic (exact) mass is 400 g/mol. The summed E-state index contributed by atoms with van der Waals surface area (Å²) in [4.78, 5) is 38.5. The molecule has 2 aromatic carbocycles. The van der Waals surface area contributed by atoms with Crippen LogP contribution in [0.3, 0.4) is 0 Å². The van der Waals surface area contributed by atoms with Crippen LogP contribution in [-0.2, 0) is 25.7 Å². The van der Waals surface area contributed by atoms with E-state index in [-0.39, 0.29) is 18.9 Å². The van der Waals surface area contributed by atoms with E-state index in [0.29, 0.717) is 17.3 Å². The molecule has 28 heavy (non-hydrogen) atoms. The number of nitrogens with zero attached hydrogens (tertiary/aromatic N) is 1. The van der Waals surface area contributed by atoms with Crippen molar-refractivity contribution in [3.05, 3.63) is 65.2 Å². The number of nitrogens with one attached hydrogen (secondary N) is 1. The Kier molecular flexibility index (Phi) is 6.31. The number of rotatable bonds is 6. The molecule has 2 aromatic rings. The van der Waals surface area contributed by atoms with E-state index in [1.807, 2.05) is 30.3 Å². The van der Waals surface area contributed by atoms with E-state index < -0.39 is 23.9 Å². The molecule has 1 fully saturated rings. The lowest BCUT2D eigenvalue weighted by Crippen LogP contribution is -2.33. The van der Waals surface area contributed by atoms with Crippen molar-refractivity contribution in [2.75, 3.05) is 11.9 Å². The molecule has 2 amide bonds. The van der Waals surface area contributed by atoms with Gasteiger partial charge in [0.15, 0.2) is 6.10 Å². The highest BCUT2D eigenvalue weighted by Crippen LogP contribution is 2.23. The summed E-state index contributed by atoms with van der Waals surface area (Å²) in [5.41, 5.74) is 1.44. The van der Waals surface area contributed by atoms with Crippen LogP contribution in [0.5, 0.6) is 0 Å². The molecule has 146 valence electrons. The number of likely N-dealkylation sites (tertiary alicyclic amines) is 1. The van der Waals surface area contributed by atoms with Crippen molar-refractivity contribution in [2.24, 2.45) is 5.92 Å². The van der Waals surface area contributed by atoms with Crippen LogP contribution in [-0.4, -0.2) is 35.3 Å². The van der Waals surface area contributed by atoms with E-state index in [9.17, 15) is 14.4 Å². The summed E-state index contributed by atoms with van der Waals surface area (Å²) in [6.07, 6.45) is -0.910. The Morgan fingerprint density at radius 3 is 2.57 bits per heavy atom. The standard InChI is InChI=1S/C21H21ClN2O4/c1-14(20(26)23-18-10-6-5-9-17(18)22)28-21(27)16-11-19(25)24(13-16)12-15-7-3-2-4-8-15/h2-10,14,16H,11-13H2,1H3,(H,23,26)/t14-,16+/m0/s1. The van der Waals surface area contributed by atoms with Crippen LogP contribution in [0.2, 0.25) is 5.02 Å². The Morgan fingerprint density at radius 2 is 1.86 bits per heavy atom. The predicted molar refractivity (Wildman–Crippen MR) is 106 cm³/mol. The zero-order valence-electron chi connectivity index (χ0n) is 15.4. The van der Waals surface area contributed by atoms with Gasteiger partial charge in [0.2, 0.25) is 5.91 Å². The second-order valence-corrected chi connectivity index (χ2v) is 7.12. The Morgan fingerprint density at radius 1 is 1.18 bits per heavy atom. The molecule has 0 aliphatic carbocycles. The van der Waals surface area contributed by atoms with Crippen molar-refractivity contribution in [1.82, 2.24) is 4.90 Å². The topological polar surface area (TPSA) is 75.7 Å². The number of ether oxygens (including phenoxy) is 1. The Bertz CT molecular complexity index is 872. The summed E-state index contributed by atoms with van der Waals surface area (Å²) in [6, 6.07) is 16.4. The van der Waals surface area contributed by atoms with Crippen LogP contribution >= 0.6 is 11.6 Å². The molecule has 1 aliphatic heterocycles. The first-order chi connectivity index (χ1) is 13.4. The number of hydrogen-bond donors (Lipinski definition) is 1. The highest BCUT2D eigenvalue weighted by molar-refractivity contribution is 6.33. The molecule has 0 bridgehead atoms. The first-order valence-corrected chi connectivity index (χ1v) is 9.39. The maximum atomic E-state index is 12.4. The Labute approximate surface area is 168 Å². The first-order valence-electron chi connectivity index (χ1n) is 9.01. The van der Waals surface area contributed by atoms with Crippen molar-refractivity contribution in [1.29, 1.82) is 0 Å². The number of carbonyl (C=O) groups excluding carboxylic acids is 3. The third-order valence-electron chi connectivity index (χ3n) is 4.56. The Balaban J connectivity index is 1.53. The zero-order valence-corrected chi connectivity index (χ0v) is 16.2. The number of esters is 1. The SMILES string of the molecule is C[C@H](OC(=O)[C@@H]1CC(=O)N(Cc2ccccc2)C1)C(=O)Nc1ccccc1Cl. The highest BCUT2D eigenvalue weighted by Gasteiger charge is 2.36. The fourth-order valence-electron chi connectivity index (χ4n) is 3.01. The van der Waals surface area contributed by atoms with E-state index in [1.165, 1.54) is 6.92 Å². The average Bonchev–Trinajstić information content (AvgIpc) is 3.05. The van der Waals surface area contributed by atoms with Crippen LogP contribution in [0, 0.1) is 5.92 Å². The summed E-state index contributed by atoms with van der Waals surface area (Å²) in [5.74, 6) is -1.71. The maximum Gasteiger partial charge on any atom is 0.312 e. The fraction of sp³-hybridized carbons (Fsp3) is 0.286. The third kappa shape index (κ3) is 4.89. The van der Waals surface area contributed by atoms with Gasteiger partial charge in [-0.3, -0.25) is 14.4 Å². The third-order valence-corrected chi connectivity index (χ3v) is 4.89. The summed E-state index contributed by atoms with van der Waals surface area (Å²) in [6.45, 7) is 2.22. The van der Waals surface area contributed by atoms with E-state index in [0.717, 1.165) is 5.56 Å². The van der Waals surface area contributed by atoms with E-state index in [1.54, 1.807) is 29.2 Å². The average molecular weight is 401 g/mol. The molecular weight excluding hydrogens is 380 g/mol. The van der Waals surface area contributed by atoms with Gasteiger partial charge in [-0.1, -0.05) is 54.1 Å². The van der Waals surface area contributed by atoms with Crippen molar-refractivity contribution < 1.29 is 19.1 Å². The lowest BCUT2D eigenvalue weighted by molar-refractivity contribution is -0.157. The van der Waals surface area contributed by atoms with Gasteiger partial charge >= 0.3 is 5.97 Å². The molecule has 3 rings (SSSR count). The molecule has 6 nitrogen and oxygen atoms in total. The Hall–Kier alpha value is -2.86. The van der Waals surface area contributed by atoms with Gasteiger partial charge in [-0.2, -0.15) is 0 Å². The highest BCUT2D eigenvalue weighted by atomic mass is 35.5. The second-order valence-electron chi connectivity index (χ2n) is 6.71. The smallest absolute Gasteiger partial charge is 0.312 e. The lowest BCUT2D eigenvalue weighted by Gasteiger charge is -2.18. The summed E-state index contributed by atoms with van der Waals surface area (Å²) < 4.78 is 5.28. The summed E-state index contributed by atoms with van der Waals surface area (Å²) in [7, 11) is 0. The minimum Gasteiger partial charge on any atom is -0.452 e. The van der Waals surface area contributed by atoms with Gasteiger partial charge in [-0.05, 0) is 24.6 Å². The molecule has 0 unspecified atom stereocenters. The number of hydrogen-bond acceptors (Lipinski definition) is 4. The molecular formula is C21H21ClN2O4.